The first-order valence-corrected chi connectivity index (χ1v) is 11.4. The van der Waals surface area contributed by atoms with Gasteiger partial charge in [-0.1, -0.05) is 37.1 Å². The molecule has 2 atom stereocenters. The Bertz CT molecular complexity index is 949. The second-order valence-corrected chi connectivity index (χ2v) is 8.39. The zero-order chi connectivity index (χ0) is 22.5. The molecule has 2 aliphatic rings. The molecule has 1 aliphatic carbocycles. The summed E-state index contributed by atoms with van der Waals surface area (Å²) in [5.74, 6) is -0.217. The Hall–Kier alpha value is -2.80. The summed E-state index contributed by atoms with van der Waals surface area (Å²) in [6.45, 7) is 0.323. The molecule has 0 radical (unpaired) electrons. The molecular weight excluding hydrogens is 435 g/mol. The van der Waals surface area contributed by atoms with Gasteiger partial charge in [0.1, 0.15) is 24.3 Å². The van der Waals surface area contributed by atoms with E-state index in [0.29, 0.717) is 17.1 Å². The highest BCUT2D eigenvalue weighted by Gasteiger charge is 2.35. The van der Waals surface area contributed by atoms with Crippen LogP contribution in [0.3, 0.4) is 0 Å². The van der Waals surface area contributed by atoms with Gasteiger partial charge >= 0.3 is 0 Å². The summed E-state index contributed by atoms with van der Waals surface area (Å²) in [5, 5.41) is 3.06. The standard InChI is InChI=1S/C24H26ClFN2O4/c25-13-22(29)28(14-19-15-31-20-7-3-4-8-21(20)32-19)23(16-9-11-17(26)12-10-16)24(30)27-18-5-1-2-6-18/h3-4,7-12,18-19,23H,1-2,5-6,13-15H2,(H,27,30)/t19-,23+/m0/s1. The Morgan fingerprint density at radius 1 is 1.09 bits per heavy atom. The summed E-state index contributed by atoms with van der Waals surface area (Å²) < 4.78 is 25.4. The lowest BCUT2D eigenvalue weighted by Crippen LogP contribution is -2.51. The van der Waals surface area contributed by atoms with Gasteiger partial charge in [0.25, 0.3) is 0 Å². The minimum atomic E-state index is -0.955. The Morgan fingerprint density at radius 2 is 1.78 bits per heavy atom. The molecular formula is C24H26ClFN2O4. The van der Waals surface area contributed by atoms with Gasteiger partial charge in [-0.3, -0.25) is 9.59 Å². The highest BCUT2D eigenvalue weighted by Crippen LogP contribution is 2.32. The highest BCUT2D eigenvalue weighted by atomic mass is 35.5. The van der Waals surface area contributed by atoms with E-state index in [4.69, 9.17) is 21.1 Å². The van der Waals surface area contributed by atoms with Gasteiger partial charge in [-0.05, 0) is 42.7 Å². The number of carbonyl (C=O) groups excluding carboxylic acids is 2. The van der Waals surface area contributed by atoms with Crippen molar-refractivity contribution >= 4 is 23.4 Å². The van der Waals surface area contributed by atoms with Gasteiger partial charge in [-0.25, -0.2) is 4.39 Å². The fourth-order valence-corrected chi connectivity index (χ4v) is 4.42. The summed E-state index contributed by atoms with van der Waals surface area (Å²) in [4.78, 5) is 27.7. The number of alkyl halides is 1. The number of nitrogens with one attached hydrogen (secondary N) is 1. The molecule has 6 nitrogen and oxygen atoms in total. The van der Waals surface area contributed by atoms with E-state index in [-0.39, 0.29) is 31.0 Å². The SMILES string of the molecule is O=C(NC1CCCC1)[C@@H](c1ccc(F)cc1)N(C[C@H]1COc2ccccc2O1)C(=O)CCl. The molecule has 0 bridgehead atoms. The summed E-state index contributed by atoms with van der Waals surface area (Å²) in [6.07, 6.45) is 3.44. The van der Waals surface area contributed by atoms with Gasteiger partial charge < -0.3 is 19.7 Å². The van der Waals surface area contributed by atoms with Gasteiger partial charge in [-0.15, -0.1) is 11.6 Å². The van der Waals surface area contributed by atoms with Gasteiger partial charge in [0.15, 0.2) is 17.6 Å². The van der Waals surface area contributed by atoms with Crippen molar-refractivity contribution in [3.8, 4) is 11.5 Å². The molecule has 0 aromatic heterocycles. The fraction of sp³-hybridized carbons (Fsp3) is 0.417. The van der Waals surface area contributed by atoms with Crippen molar-refractivity contribution in [2.45, 2.75) is 43.9 Å². The lowest BCUT2D eigenvalue weighted by molar-refractivity contribution is -0.141. The molecule has 2 amide bonds. The topological polar surface area (TPSA) is 67.9 Å². The maximum atomic E-state index is 13.6. The van der Waals surface area contributed by atoms with Crippen LogP contribution < -0.4 is 14.8 Å². The summed E-state index contributed by atoms with van der Waals surface area (Å²) >= 11 is 5.92. The van der Waals surface area contributed by atoms with Crippen molar-refractivity contribution in [3.63, 3.8) is 0 Å². The van der Waals surface area contributed by atoms with Crippen molar-refractivity contribution in [2.75, 3.05) is 19.0 Å². The predicted molar refractivity (Wildman–Crippen MR) is 118 cm³/mol. The van der Waals surface area contributed by atoms with Crippen LogP contribution in [0.5, 0.6) is 11.5 Å². The maximum Gasteiger partial charge on any atom is 0.247 e. The number of ether oxygens (including phenoxy) is 2. The van der Waals surface area contributed by atoms with Crippen molar-refractivity contribution in [2.24, 2.45) is 0 Å². The van der Waals surface area contributed by atoms with Crippen LogP contribution in [0, 0.1) is 5.82 Å². The Kier molecular flexibility index (Phi) is 7.15. The van der Waals surface area contributed by atoms with Gasteiger partial charge in [-0.2, -0.15) is 0 Å². The van der Waals surface area contributed by atoms with Crippen LogP contribution in [0.4, 0.5) is 4.39 Å². The van der Waals surface area contributed by atoms with Crippen LogP contribution in [-0.4, -0.2) is 47.9 Å². The molecule has 0 spiro atoms. The third-order valence-electron chi connectivity index (χ3n) is 5.85. The van der Waals surface area contributed by atoms with E-state index in [0.717, 1.165) is 25.7 Å². The number of amides is 2. The molecule has 1 N–H and O–H groups in total. The van der Waals surface area contributed by atoms with Crippen molar-refractivity contribution < 1.29 is 23.5 Å². The van der Waals surface area contributed by atoms with Crippen molar-refractivity contribution in [1.82, 2.24) is 10.2 Å². The van der Waals surface area contributed by atoms with E-state index in [1.54, 1.807) is 6.07 Å². The zero-order valence-corrected chi connectivity index (χ0v) is 18.4. The molecule has 1 aliphatic heterocycles. The number of benzene rings is 2. The van der Waals surface area contributed by atoms with Crippen LogP contribution in [0.25, 0.3) is 0 Å². The third kappa shape index (κ3) is 5.15. The Balaban J connectivity index is 1.60. The molecule has 2 aromatic rings. The normalized spacial score (nSPS) is 18.8. The Morgan fingerprint density at radius 3 is 2.47 bits per heavy atom. The average molecular weight is 461 g/mol. The minimum absolute atomic E-state index is 0.0690. The number of hydrogen-bond acceptors (Lipinski definition) is 4. The summed E-state index contributed by atoms with van der Waals surface area (Å²) in [7, 11) is 0. The second kappa shape index (κ2) is 10.2. The first-order chi connectivity index (χ1) is 15.5. The molecule has 1 saturated carbocycles. The fourth-order valence-electron chi connectivity index (χ4n) is 4.27. The number of fused-ring (bicyclic) bond motifs is 1. The van der Waals surface area contributed by atoms with Crippen molar-refractivity contribution in [3.05, 3.63) is 59.9 Å². The highest BCUT2D eigenvalue weighted by molar-refractivity contribution is 6.27. The molecule has 2 aromatic carbocycles. The van der Waals surface area contributed by atoms with Crippen LogP contribution in [0.1, 0.15) is 37.3 Å². The molecule has 8 heteroatoms. The quantitative estimate of drug-likeness (QED) is 0.637. The van der Waals surface area contributed by atoms with E-state index in [2.05, 4.69) is 5.32 Å². The summed E-state index contributed by atoms with van der Waals surface area (Å²) in [6, 6.07) is 12.0. The first-order valence-electron chi connectivity index (χ1n) is 10.8. The van der Waals surface area contributed by atoms with Gasteiger partial charge in [0.05, 0.1) is 6.54 Å². The smallest absolute Gasteiger partial charge is 0.247 e. The van der Waals surface area contributed by atoms with Crippen LogP contribution in [0.2, 0.25) is 0 Å². The van der Waals surface area contributed by atoms with E-state index in [1.165, 1.54) is 29.2 Å². The lowest BCUT2D eigenvalue weighted by atomic mass is 10.0. The van der Waals surface area contributed by atoms with Crippen LogP contribution in [0.15, 0.2) is 48.5 Å². The lowest BCUT2D eigenvalue weighted by Gasteiger charge is -2.36. The molecule has 170 valence electrons. The molecule has 1 fully saturated rings. The number of nitrogens with zero attached hydrogens (tertiary/aromatic N) is 1. The average Bonchev–Trinajstić information content (AvgIpc) is 3.32. The number of hydrogen-bond donors (Lipinski definition) is 1. The monoisotopic (exact) mass is 460 g/mol. The van der Waals surface area contributed by atoms with Gasteiger partial charge in [0, 0.05) is 6.04 Å². The molecule has 0 saturated heterocycles. The second-order valence-electron chi connectivity index (χ2n) is 8.12. The molecule has 4 rings (SSSR count). The number of carbonyl (C=O) groups is 2. The molecule has 1 heterocycles. The third-order valence-corrected chi connectivity index (χ3v) is 6.08. The van der Waals surface area contributed by atoms with E-state index < -0.39 is 23.9 Å². The van der Waals surface area contributed by atoms with Crippen LogP contribution in [-0.2, 0) is 9.59 Å². The van der Waals surface area contributed by atoms with E-state index in [9.17, 15) is 14.0 Å². The number of rotatable bonds is 7. The van der Waals surface area contributed by atoms with Crippen molar-refractivity contribution in [1.29, 1.82) is 0 Å². The largest absolute Gasteiger partial charge is 0.486 e. The Labute approximate surface area is 191 Å². The minimum Gasteiger partial charge on any atom is -0.486 e. The van der Waals surface area contributed by atoms with E-state index >= 15 is 0 Å². The zero-order valence-electron chi connectivity index (χ0n) is 17.6. The summed E-state index contributed by atoms with van der Waals surface area (Å²) in [5.41, 5.74) is 0.512. The number of halogens is 2. The molecule has 0 unspecified atom stereocenters. The first kappa shape index (κ1) is 22.4. The molecule has 32 heavy (non-hydrogen) atoms. The number of para-hydroxylation sites is 2. The van der Waals surface area contributed by atoms with Gasteiger partial charge in [0.2, 0.25) is 11.8 Å². The van der Waals surface area contributed by atoms with Crippen LogP contribution >= 0.6 is 11.6 Å². The maximum absolute atomic E-state index is 13.6. The predicted octanol–water partition coefficient (Wildman–Crippen LogP) is 3.83. The van der Waals surface area contributed by atoms with E-state index in [1.807, 2.05) is 18.2 Å².